The number of amidine groups is 1. The summed E-state index contributed by atoms with van der Waals surface area (Å²) in [7, 11) is 4.57. The average molecular weight is 444 g/mol. The summed E-state index contributed by atoms with van der Waals surface area (Å²) in [6.07, 6.45) is 3.07. The quantitative estimate of drug-likeness (QED) is 0.575. The second-order valence-corrected chi connectivity index (χ2v) is 7.83. The molecule has 0 N–H and O–H groups in total. The minimum Gasteiger partial charge on any atom is -0.459 e. The number of hydrogen-bond donors (Lipinski definition) is 0. The maximum absolute atomic E-state index is 13.4. The van der Waals surface area contributed by atoms with Gasteiger partial charge >= 0.3 is 6.03 Å². The second-order valence-electron chi connectivity index (χ2n) is 7.83. The van der Waals surface area contributed by atoms with Crippen molar-refractivity contribution in [2.45, 2.75) is 0 Å². The van der Waals surface area contributed by atoms with Crippen LogP contribution in [0.3, 0.4) is 0 Å². The number of ether oxygens (including phenoxy) is 1. The largest absolute Gasteiger partial charge is 0.459 e. The van der Waals surface area contributed by atoms with Crippen LogP contribution in [-0.2, 0) is 14.3 Å². The summed E-state index contributed by atoms with van der Waals surface area (Å²) in [5.74, 6) is -0.805. The van der Waals surface area contributed by atoms with Crippen molar-refractivity contribution in [2.75, 3.05) is 60.5 Å². The van der Waals surface area contributed by atoms with Crippen molar-refractivity contribution in [1.82, 2.24) is 19.6 Å². The third kappa shape index (κ3) is 3.58. The Hall–Kier alpha value is -3.47. The van der Waals surface area contributed by atoms with E-state index in [4.69, 9.17) is 9.15 Å². The summed E-state index contributed by atoms with van der Waals surface area (Å²) in [5.41, 5.74) is 0.344. The van der Waals surface area contributed by atoms with Crippen LogP contribution in [0.1, 0.15) is 10.6 Å². The van der Waals surface area contributed by atoms with Crippen molar-refractivity contribution in [2.24, 2.45) is 5.92 Å². The Bertz CT molecular complexity index is 1010. The minimum atomic E-state index is -0.708. The predicted molar refractivity (Wildman–Crippen MR) is 111 cm³/mol. The molecular weight excluding hydrogens is 418 g/mol. The molecule has 5 amide bonds. The lowest BCUT2D eigenvalue weighted by molar-refractivity contribution is -0.477. The molecule has 11 nitrogen and oxygen atoms in total. The Morgan fingerprint density at radius 1 is 1.09 bits per heavy atom. The number of hydrogen-bond acceptors (Lipinski definition) is 6. The molecule has 0 aromatic carbocycles. The molecule has 0 aliphatic carbocycles. The highest BCUT2D eigenvalue weighted by Gasteiger charge is 2.52. The Morgan fingerprint density at radius 3 is 2.34 bits per heavy atom. The molecule has 4 rings (SSSR count). The van der Waals surface area contributed by atoms with Gasteiger partial charge in [0.05, 0.1) is 19.9 Å². The Kier molecular flexibility index (Phi) is 5.83. The normalized spacial score (nSPS) is 21.3. The van der Waals surface area contributed by atoms with Gasteiger partial charge in [-0.05, 0) is 18.2 Å². The first-order valence-corrected chi connectivity index (χ1v) is 10.4. The van der Waals surface area contributed by atoms with Crippen LogP contribution in [0.5, 0.6) is 0 Å². The number of carbonyl (C=O) groups excluding carboxylic acids is 4. The van der Waals surface area contributed by atoms with Crippen LogP contribution >= 0.6 is 0 Å². The van der Waals surface area contributed by atoms with Crippen molar-refractivity contribution in [3.63, 3.8) is 0 Å². The number of imide groups is 1. The lowest BCUT2D eigenvalue weighted by Crippen LogP contribution is -2.57. The zero-order valence-corrected chi connectivity index (χ0v) is 18.3. The molecule has 3 aliphatic rings. The molecule has 0 spiro atoms. The van der Waals surface area contributed by atoms with Crippen LogP contribution in [0.15, 0.2) is 34.6 Å². The van der Waals surface area contributed by atoms with Crippen LogP contribution in [0.2, 0.25) is 0 Å². The fraction of sp³-hybridized carbons (Fsp3) is 0.476. The highest BCUT2D eigenvalue weighted by atomic mass is 16.5. The van der Waals surface area contributed by atoms with Crippen LogP contribution in [0, 0.1) is 5.92 Å². The van der Waals surface area contributed by atoms with Gasteiger partial charge in [-0.15, -0.1) is 0 Å². The number of nitrogens with zero attached hydrogens (tertiary/aromatic N) is 5. The SMILES string of the molecule is COCC[N+]1=C2C(C=C1C(=O)N1CCN(C(=O)c3ccco3)CC1)C(=O)N(C)C(=O)N2C. The van der Waals surface area contributed by atoms with Gasteiger partial charge in [0.1, 0.15) is 6.54 Å². The van der Waals surface area contributed by atoms with E-state index in [2.05, 4.69) is 0 Å². The van der Waals surface area contributed by atoms with Gasteiger partial charge in [-0.25, -0.2) is 14.3 Å². The van der Waals surface area contributed by atoms with E-state index in [1.165, 1.54) is 18.2 Å². The van der Waals surface area contributed by atoms with Gasteiger partial charge in [-0.3, -0.25) is 14.4 Å². The standard InChI is InChI=1S/C21H26N5O6/c1-22-17-14(18(27)23(2)21(22)30)13-15(26(17)10-12-31-3)19(28)24-6-8-25(9-7-24)20(29)16-5-4-11-32-16/h4-5,11,13-14H,6-10,12H2,1-3H3/q+1. The molecule has 4 heterocycles. The highest BCUT2D eigenvalue weighted by molar-refractivity contribution is 6.19. The number of furan rings is 1. The fourth-order valence-electron chi connectivity index (χ4n) is 4.25. The first kappa shape index (κ1) is 21.8. The summed E-state index contributed by atoms with van der Waals surface area (Å²) in [5, 5.41) is 0. The first-order valence-electron chi connectivity index (χ1n) is 10.4. The van der Waals surface area contributed by atoms with Crippen molar-refractivity contribution < 1.29 is 32.9 Å². The molecule has 1 aromatic heterocycles. The van der Waals surface area contributed by atoms with Crippen molar-refractivity contribution in [1.29, 1.82) is 0 Å². The summed E-state index contributed by atoms with van der Waals surface area (Å²) in [4.78, 5) is 56.9. The van der Waals surface area contributed by atoms with Gasteiger partial charge in [0.15, 0.2) is 17.4 Å². The molecule has 1 aromatic rings. The number of carbonyl (C=O) groups is 4. The van der Waals surface area contributed by atoms with Crippen LogP contribution in [-0.4, -0.2) is 114 Å². The number of rotatable bonds is 5. The van der Waals surface area contributed by atoms with E-state index < -0.39 is 11.9 Å². The van der Waals surface area contributed by atoms with Crippen LogP contribution in [0.4, 0.5) is 4.79 Å². The summed E-state index contributed by atoms with van der Waals surface area (Å²) >= 11 is 0. The second kappa shape index (κ2) is 8.58. The molecule has 0 bridgehead atoms. The molecule has 0 saturated carbocycles. The number of urea groups is 1. The zero-order valence-electron chi connectivity index (χ0n) is 18.3. The van der Waals surface area contributed by atoms with Crippen molar-refractivity contribution >= 4 is 29.6 Å². The molecule has 2 saturated heterocycles. The molecule has 1 unspecified atom stereocenters. The molecule has 1 atom stereocenters. The van der Waals surface area contributed by atoms with E-state index in [-0.39, 0.29) is 23.5 Å². The van der Waals surface area contributed by atoms with Gasteiger partial charge in [0.2, 0.25) is 0 Å². The Labute approximate surface area is 185 Å². The lowest BCUT2D eigenvalue weighted by atomic mass is 10.0. The number of amides is 5. The van der Waals surface area contributed by atoms with E-state index >= 15 is 0 Å². The predicted octanol–water partition coefficient (Wildman–Crippen LogP) is -0.341. The number of piperazine rings is 1. The van der Waals surface area contributed by atoms with Crippen molar-refractivity contribution in [3.8, 4) is 0 Å². The Morgan fingerprint density at radius 2 is 1.75 bits per heavy atom. The third-order valence-electron chi connectivity index (χ3n) is 6.01. The number of fused-ring (bicyclic) bond motifs is 1. The number of methoxy groups -OCH3 is 1. The molecule has 2 fully saturated rings. The summed E-state index contributed by atoms with van der Waals surface area (Å²) < 4.78 is 12.1. The molecule has 0 radical (unpaired) electrons. The minimum absolute atomic E-state index is 0.209. The summed E-state index contributed by atoms with van der Waals surface area (Å²) in [6.45, 7) is 2.09. The van der Waals surface area contributed by atoms with Gasteiger partial charge in [0.25, 0.3) is 23.6 Å². The maximum Gasteiger partial charge on any atom is 0.417 e. The molecule has 3 aliphatic heterocycles. The van der Waals surface area contributed by atoms with Crippen LogP contribution < -0.4 is 0 Å². The summed E-state index contributed by atoms with van der Waals surface area (Å²) in [6, 6.07) is 2.82. The van der Waals surface area contributed by atoms with Gasteiger partial charge in [-0.1, -0.05) is 0 Å². The molecule has 11 heteroatoms. The molecule has 32 heavy (non-hydrogen) atoms. The van der Waals surface area contributed by atoms with Gasteiger partial charge < -0.3 is 19.0 Å². The topological polar surface area (TPSA) is 107 Å². The highest BCUT2D eigenvalue weighted by Crippen LogP contribution is 2.27. The third-order valence-corrected chi connectivity index (χ3v) is 6.01. The van der Waals surface area contributed by atoms with Crippen molar-refractivity contribution in [3.05, 3.63) is 35.9 Å². The fourth-order valence-corrected chi connectivity index (χ4v) is 4.25. The van der Waals surface area contributed by atoms with Gasteiger partial charge in [-0.2, -0.15) is 4.90 Å². The van der Waals surface area contributed by atoms with E-state index in [0.29, 0.717) is 50.9 Å². The van der Waals surface area contributed by atoms with E-state index in [0.717, 1.165) is 4.90 Å². The maximum atomic E-state index is 13.4. The monoisotopic (exact) mass is 444 g/mol. The van der Waals surface area contributed by atoms with E-state index in [1.54, 1.807) is 46.7 Å². The van der Waals surface area contributed by atoms with Crippen LogP contribution in [0.25, 0.3) is 0 Å². The lowest BCUT2D eigenvalue weighted by Gasteiger charge is -2.34. The smallest absolute Gasteiger partial charge is 0.417 e. The van der Waals surface area contributed by atoms with Gasteiger partial charge in [0, 0.05) is 40.3 Å². The molecule has 170 valence electrons. The molecular formula is C21H26N5O6+. The average Bonchev–Trinajstić information content (AvgIpc) is 3.47. The van der Waals surface area contributed by atoms with E-state index in [9.17, 15) is 19.2 Å². The zero-order chi connectivity index (χ0) is 23.0. The Balaban J connectivity index is 1.54. The van der Waals surface area contributed by atoms with E-state index in [1.807, 2.05) is 0 Å². The first-order chi connectivity index (χ1) is 15.3.